The summed E-state index contributed by atoms with van der Waals surface area (Å²) in [6, 6.07) is 4.19. The molecule has 1 fully saturated rings. The summed E-state index contributed by atoms with van der Waals surface area (Å²) in [6.45, 7) is -0.607. The Bertz CT molecular complexity index is 1880. The largest absolute Gasteiger partial charge is 0.543 e. The average Bonchev–Trinajstić information content (AvgIpc) is 3.47. The highest BCUT2D eigenvalue weighted by Gasteiger charge is 2.46. The summed E-state index contributed by atoms with van der Waals surface area (Å²) in [4.78, 5) is 47.6. The summed E-state index contributed by atoms with van der Waals surface area (Å²) in [6.07, 6.45) is -2.67. The van der Waals surface area contributed by atoms with Crippen LogP contribution in [0.15, 0.2) is 59.8 Å². The number of esters is 1. The molecule has 0 bridgehead atoms. The number of rotatable bonds is 11. The van der Waals surface area contributed by atoms with Gasteiger partial charge in [-0.25, -0.2) is 14.4 Å². The lowest BCUT2D eigenvalue weighted by Crippen LogP contribution is -2.60. The Labute approximate surface area is 294 Å². The van der Waals surface area contributed by atoms with E-state index >= 15 is 0 Å². The standard InChI is InChI=1S/C34H34N2O16/c1-49-24-10-15(2-4-22(24)37)3-5-27(39)50-14-26-28(40)29(41)30(42)34(52-26)51-25-13-20-17(12-23(25)38)11-21(33(47)48)36(20)7-6-16-8-18(31(43)44)35-19(9-16)32(45)46/h2-8,10,12-13,19,21,26,28-30,34,40-42H,9,11,14H2,1H3,(H5,37,38,39,43,44,45,46,47,48). The van der Waals surface area contributed by atoms with Gasteiger partial charge in [-0.3, -0.25) is 0 Å². The van der Waals surface area contributed by atoms with Crippen LogP contribution in [-0.4, -0.2) is 127 Å². The molecule has 52 heavy (non-hydrogen) atoms. The van der Waals surface area contributed by atoms with Crippen molar-refractivity contribution in [2.45, 2.75) is 55.6 Å². The van der Waals surface area contributed by atoms with Crippen LogP contribution in [0.3, 0.4) is 0 Å². The van der Waals surface area contributed by atoms with Gasteiger partial charge >= 0.3 is 17.9 Å². The highest BCUT2D eigenvalue weighted by molar-refractivity contribution is 5.90. The fourth-order valence-electron chi connectivity index (χ4n) is 5.73. The number of nitrogens with one attached hydrogen (secondary N) is 1. The van der Waals surface area contributed by atoms with Crippen molar-refractivity contribution in [2.75, 3.05) is 13.7 Å². The van der Waals surface area contributed by atoms with Gasteiger partial charge in [-0.05, 0) is 41.5 Å². The second-order valence-electron chi connectivity index (χ2n) is 11.9. The molecule has 0 spiro atoms. The zero-order valence-electron chi connectivity index (χ0n) is 27.2. The molecule has 0 aliphatic carbocycles. The first-order valence-electron chi connectivity index (χ1n) is 15.6. The van der Waals surface area contributed by atoms with Crippen molar-refractivity contribution in [3.8, 4) is 23.0 Å². The molecule has 0 aromatic heterocycles. The summed E-state index contributed by atoms with van der Waals surface area (Å²) in [5.74, 6) is -5.86. The number of aliphatic hydroxyl groups excluding tert-OH is 3. The topological polar surface area (TPSA) is 285 Å². The molecule has 7 unspecified atom stereocenters. The van der Waals surface area contributed by atoms with Crippen LogP contribution in [0.2, 0.25) is 0 Å². The van der Waals surface area contributed by atoms with Gasteiger partial charge in [0.1, 0.15) is 48.7 Å². The molecule has 276 valence electrons. The van der Waals surface area contributed by atoms with E-state index in [9.17, 15) is 60.0 Å². The summed E-state index contributed by atoms with van der Waals surface area (Å²) >= 11 is 0. The number of hydrogen-bond donors (Lipinski definition) is 8. The van der Waals surface area contributed by atoms with Crippen LogP contribution in [-0.2, 0) is 35.1 Å². The second kappa shape index (κ2) is 15.5. The minimum atomic E-state index is -1.88. The third-order valence-corrected chi connectivity index (χ3v) is 8.45. The minimum absolute atomic E-state index is 0.105. The van der Waals surface area contributed by atoms with Crippen molar-refractivity contribution >= 4 is 41.9 Å². The lowest BCUT2D eigenvalue weighted by atomic mass is 9.99. The zero-order chi connectivity index (χ0) is 37.9. The Morgan fingerprint density at radius 2 is 1.75 bits per heavy atom. The number of carboxylic acid groups (broad SMARTS) is 3. The number of phenolic OH excluding ortho intramolecular Hbond substituents is 2. The number of allylic oxidation sites excluding steroid dienone is 2. The first kappa shape index (κ1) is 37.3. The maximum atomic E-state index is 12.4. The van der Waals surface area contributed by atoms with E-state index in [1.165, 1.54) is 66.5 Å². The molecule has 0 radical (unpaired) electrons. The molecule has 18 nitrogen and oxygen atoms in total. The zero-order valence-corrected chi connectivity index (χ0v) is 27.2. The van der Waals surface area contributed by atoms with E-state index in [1.54, 1.807) is 0 Å². The molecule has 3 heterocycles. The van der Waals surface area contributed by atoms with Crippen LogP contribution in [0.1, 0.15) is 17.5 Å². The van der Waals surface area contributed by atoms with E-state index in [0.29, 0.717) is 11.1 Å². The number of nitrogens with zero attached hydrogens (tertiary/aromatic N) is 1. The van der Waals surface area contributed by atoms with Gasteiger partial charge < -0.3 is 69.9 Å². The quantitative estimate of drug-likeness (QED) is 0.0726. The molecular weight excluding hydrogens is 692 g/mol. The van der Waals surface area contributed by atoms with Gasteiger partial charge in [-0.15, -0.1) is 0 Å². The van der Waals surface area contributed by atoms with E-state index in [-0.39, 0.29) is 47.0 Å². The summed E-state index contributed by atoms with van der Waals surface area (Å²) in [7, 11) is 1.36. The second-order valence-corrected chi connectivity index (χ2v) is 11.9. The molecule has 3 aliphatic rings. The van der Waals surface area contributed by atoms with Crippen LogP contribution in [0.5, 0.6) is 23.0 Å². The smallest absolute Gasteiger partial charge is 0.351 e. The number of phenols is 2. The Morgan fingerprint density at radius 3 is 2.42 bits per heavy atom. The third-order valence-electron chi connectivity index (χ3n) is 8.45. The van der Waals surface area contributed by atoms with Gasteiger partial charge in [0.2, 0.25) is 18.0 Å². The molecule has 2 aromatic rings. The molecule has 5 rings (SSSR count). The molecule has 7 atom stereocenters. The predicted molar refractivity (Wildman–Crippen MR) is 172 cm³/mol. The van der Waals surface area contributed by atoms with Crippen molar-refractivity contribution in [2.24, 2.45) is 0 Å². The number of carbonyl (C=O) groups is 4. The van der Waals surface area contributed by atoms with Gasteiger partial charge in [0.25, 0.3) is 0 Å². The van der Waals surface area contributed by atoms with E-state index in [4.69, 9.17) is 18.9 Å². The number of hydrogen-bond acceptors (Lipinski definition) is 15. The molecule has 8 N–H and O–H groups in total. The number of carbonyl (C=O) groups excluding carboxylic acids is 2. The van der Waals surface area contributed by atoms with Gasteiger partial charge in [-0.2, -0.15) is 4.58 Å². The minimum Gasteiger partial charge on any atom is -0.543 e. The van der Waals surface area contributed by atoms with Crippen molar-refractivity contribution in [3.63, 3.8) is 0 Å². The van der Waals surface area contributed by atoms with Gasteiger partial charge in [0, 0.05) is 30.6 Å². The lowest BCUT2D eigenvalue weighted by Gasteiger charge is -2.39. The van der Waals surface area contributed by atoms with Crippen molar-refractivity contribution in [3.05, 3.63) is 71.0 Å². The van der Waals surface area contributed by atoms with Crippen LogP contribution in [0, 0.1) is 0 Å². The van der Waals surface area contributed by atoms with Gasteiger partial charge in [-0.1, -0.05) is 6.07 Å². The Hall–Kier alpha value is -5.95. The number of methoxy groups -OCH3 is 1. The molecule has 18 heteroatoms. The molecule has 0 amide bonds. The Kier molecular flexibility index (Phi) is 11.1. The van der Waals surface area contributed by atoms with Gasteiger partial charge in [0.15, 0.2) is 29.2 Å². The number of aliphatic carboxylic acids is 3. The van der Waals surface area contributed by atoms with E-state index < -0.39 is 79.0 Å². The predicted octanol–water partition coefficient (Wildman–Crippen LogP) is -1.72. The lowest BCUT2D eigenvalue weighted by molar-refractivity contribution is -0.475. The number of ether oxygens (including phenoxy) is 4. The van der Waals surface area contributed by atoms with Crippen LogP contribution in [0.4, 0.5) is 5.69 Å². The monoisotopic (exact) mass is 726 g/mol. The third kappa shape index (κ3) is 8.16. The number of carboxylic acids is 3. The summed E-state index contributed by atoms with van der Waals surface area (Å²) in [5, 5.41) is 85.5. The SMILES string of the molecule is COc1cc(C=CC(=O)OCC2OC(Oc3cc4c(cc3O)CC(C(=O)[O-])[N+]4=CC=C3C=C(C(=O)O)NC(C(=O)O)C3)C(O)C(O)C2O)ccc1O. The number of benzene rings is 2. The van der Waals surface area contributed by atoms with Crippen molar-refractivity contribution < 1.29 is 83.6 Å². The maximum Gasteiger partial charge on any atom is 0.351 e. The maximum absolute atomic E-state index is 12.4. The van der Waals surface area contributed by atoms with E-state index in [1.807, 2.05) is 0 Å². The summed E-state index contributed by atoms with van der Waals surface area (Å²) in [5.41, 5.74) is 0.865. The first-order chi connectivity index (χ1) is 24.7. The fourth-order valence-corrected chi connectivity index (χ4v) is 5.73. The first-order valence-corrected chi connectivity index (χ1v) is 15.6. The van der Waals surface area contributed by atoms with Crippen LogP contribution < -0.4 is 19.9 Å². The molecule has 3 aliphatic heterocycles. The normalized spacial score (nSPS) is 27.1. The molecule has 2 aromatic carbocycles. The fraction of sp³-hybridized carbons (Fsp3) is 0.324. The Balaban J connectivity index is 1.34. The highest BCUT2D eigenvalue weighted by Crippen LogP contribution is 2.40. The van der Waals surface area contributed by atoms with Gasteiger partial charge in [0.05, 0.1) is 13.2 Å². The highest BCUT2D eigenvalue weighted by atomic mass is 16.7. The molecular formula is C34H34N2O16. The number of aromatic hydroxyl groups is 2. The molecule has 1 saturated heterocycles. The number of fused-ring (bicyclic) bond motifs is 1. The van der Waals surface area contributed by atoms with Crippen molar-refractivity contribution in [1.29, 1.82) is 0 Å². The van der Waals surface area contributed by atoms with Crippen molar-refractivity contribution in [1.82, 2.24) is 5.32 Å². The molecule has 0 saturated carbocycles. The van der Waals surface area contributed by atoms with Crippen LogP contribution in [0.25, 0.3) is 6.08 Å². The summed E-state index contributed by atoms with van der Waals surface area (Å²) < 4.78 is 22.7. The van der Waals surface area contributed by atoms with Crippen LogP contribution >= 0.6 is 0 Å². The van der Waals surface area contributed by atoms with E-state index in [0.717, 1.165) is 6.08 Å². The average molecular weight is 727 g/mol. The Morgan fingerprint density at radius 1 is 1.00 bits per heavy atom. The van der Waals surface area contributed by atoms with E-state index in [2.05, 4.69) is 5.32 Å². The number of aliphatic hydroxyl groups is 3.